The van der Waals surface area contributed by atoms with Crippen LogP contribution in [0.1, 0.15) is 37.8 Å². The first-order valence-corrected chi connectivity index (χ1v) is 11.2. The van der Waals surface area contributed by atoms with E-state index in [1.807, 2.05) is 19.1 Å². The van der Waals surface area contributed by atoms with E-state index in [9.17, 15) is 4.39 Å². The van der Waals surface area contributed by atoms with E-state index < -0.39 is 0 Å². The minimum Gasteiger partial charge on any atom is -0.490 e. The van der Waals surface area contributed by atoms with Crippen molar-refractivity contribution in [3.63, 3.8) is 0 Å². The second kappa shape index (κ2) is 11.2. The molecule has 1 atom stereocenters. The first-order chi connectivity index (χ1) is 14.5. The molecule has 1 aliphatic heterocycles. The number of likely N-dealkylation sites (N-methyl/N-ethyl adjacent to an activating group) is 1. The highest BCUT2D eigenvalue weighted by Gasteiger charge is 2.22. The summed E-state index contributed by atoms with van der Waals surface area (Å²) in [7, 11) is 0. The van der Waals surface area contributed by atoms with E-state index in [0.717, 1.165) is 18.7 Å². The van der Waals surface area contributed by atoms with Gasteiger partial charge in [0.25, 0.3) is 0 Å². The number of halogens is 3. The maximum atomic E-state index is 13.3. The summed E-state index contributed by atoms with van der Waals surface area (Å²) in [6.07, 6.45) is 2.51. The Labute approximate surface area is 188 Å². The molecule has 1 heterocycles. The van der Waals surface area contributed by atoms with Crippen LogP contribution in [-0.4, -0.2) is 37.2 Å². The van der Waals surface area contributed by atoms with E-state index in [1.54, 1.807) is 6.07 Å². The zero-order valence-electron chi connectivity index (χ0n) is 17.5. The minimum atomic E-state index is -0.381. The van der Waals surface area contributed by atoms with Crippen molar-refractivity contribution >= 4 is 23.2 Å². The van der Waals surface area contributed by atoms with Gasteiger partial charge in [0.05, 0.1) is 16.7 Å². The molecule has 164 valence electrons. The smallest absolute Gasteiger partial charge is 0.180 e. The largest absolute Gasteiger partial charge is 0.490 e. The van der Waals surface area contributed by atoms with Crippen molar-refractivity contribution in [1.82, 2.24) is 10.2 Å². The Bertz CT molecular complexity index is 850. The summed E-state index contributed by atoms with van der Waals surface area (Å²) in [5.41, 5.74) is 1.72. The zero-order chi connectivity index (χ0) is 21.5. The highest BCUT2D eigenvalue weighted by atomic mass is 35.5. The summed E-state index contributed by atoms with van der Waals surface area (Å²) in [6.45, 7) is 8.74. The van der Waals surface area contributed by atoms with E-state index >= 15 is 0 Å². The average Bonchev–Trinajstić information content (AvgIpc) is 3.16. The molecule has 2 aromatic carbocycles. The molecule has 3 rings (SSSR count). The summed E-state index contributed by atoms with van der Waals surface area (Å²) >= 11 is 12.6. The summed E-state index contributed by atoms with van der Waals surface area (Å²) in [5.74, 6) is 0.681. The van der Waals surface area contributed by atoms with E-state index in [4.69, 9.17) is 32.7 Å². The van der Waals surface area contributed by atoms with Gasteiger partial charge in [0.1, 0.15) is 12.4 Å². The predicted molar refractivity (Wildman–Crippen MR) is 120 cm³/mol. The van der Waals surface area contributed by atoms with E-state index in [-0.39, 0.29) is 12.4 Å². The van der Waals surface area contributed by atoms with Crippen LogP contribution in [0.2, 0.25) is 10.0 Å². The number of hydrogen-bond donors (Lipinski definition) is 1. The fourth-order valence-electron chi connectivity index (χ4n) is 3.84. The Morgan fingerprint density at radius 2 is 1.97 bits per heavy atom. The van der Waals surface area contributed by atoms with Gasteiger partial charge >= 0.3 is 0 Å². The molecule has 4 nitrogen and oxygen atoms in total. The second-order valence-corrected chi connectivity index (χ2v) is 8.23. The molecule has 1 unspecified atom stereocenters. The van der Waals surface area contributed by atoms with Gasteiger partial charge in [-0.3, -0.25) is 4.90 Å². The fraction of sp³-hybridized carbons (Fsp3) is 0.478. The summed E-state index contributed by atoms with van der Waals surface area (Å²) in [5, 5.41) is 4.34. The molecule has 1 N–H and O–H groups in total. The van der Waals surface area contributed by atoms with E-state index in [2.05, 4.69) is 17.1 Å². The highest BCUT2D eigenvalue weighted by Crippen LogP contribution is 2.37. The molecular formula is C23H29Cl2FN2O2. The number of hydrogen-bond acceptors (Lipinski definition) is 4. The molecule has 0 radical (unpaired) electrons. The van der Waals surface area contributed by atoms with Gasteiger partial charge in [0.15, 0.2) is 11.5 Å². The van der Waals surface area contributed by atoms with Crippen LogP contribution < -0.4 is 14.8 Å². The number of benzene rings is 2. The SMILES string of the molecule is CCOc1cc(CNCC2CCCN2CC)cc(Cl)c1OCc1ccc(F)cc1Cl. The van der Waals surface area contributed by atoms with Crippen molar-refractivity contribution in [1.29, 1.82) is 0 Å². The molecule has 1 fully saturated rings. The Hall–Kier alpha value is -1.53. The lowest BCUT2D eigenvalue weighted by atomic mass is 10.1. The summed E-state index contributed by atoms with van der Waals surface area (Å²) in [6, 6.07) is 8.67. The van der Waals surface area contributed by atoms with Gasteiger partial charge in [-0.2, -0.15) is 0 Å². The molecule has 0 aliphatic carbocycles. The zero-order valence-corrected chi connectivity index (χ0v) is 19.0. The van der Waals surface area contributed by atoms with Gasteiger partial charge < -0.3 is 14.8 Å². The molecule has 0 spiro atoms. The summed E-state index contributed by atoms with van der Waals surface area (Å²) in [4.78, 5) is 2.52. The van der Waals surface area contributed by atoms with Gasteiger partial charge in [-0.15, -0.1) is 0 Å². The van der Waals surface area contributed by atoms with Crippen molar-refractivity contribution in [3.05, 3.63) is 57.3 Å². The number of ether oxygens (including phenoxy) is 2. The normalized spacial score (nSPS) is 16.8. The van der Waals surface area contributed by atoms with Crippen molar-refractivity contribution in [2.75, 3.05) is 26.2 Å². The van der Waals surface area contributed by atoms with Crippen LogP contribution in [0.15, 0.2) is 30.3 Å². The second-order valence-electron chi connectivity index (χ2n) is 7.42. The fourth-order valence-corrected chi connectivity index (χ4v) is 4.35. The standard InChI is InChI=1S/C23H29Cl2FN2O2/c1-3-28-9-5-6-19(28)14-27-13-16-10-21(25)23(22(11-16)29-4-2)30-15-17-7-8-18(26)12-20(17)24/h7-8,10-12,19,27H,3-6,9,13-15H2,1-2H3. The number of rotatable bonds is 10. The Morgan fingerprint density at radius 3 is 2.70 bits per heavy atom. The number of nitrogens with zero attached hydrogens (tertiary/aromatic N) is 1. The Balaban J connectivity index is 1.65. The van der Waals surface area contributed by atoms with Gasteiger partial charge in [0.2, 0.25) is 0 Å². The molecule has 1 aliphatic rings. The van der Waals surface area contributed by atoms with Crippen LogP contribution in [0.4, 0.5) is 4.39 Å². The molecule has 0 amide bonds. The monoisotopic (exact) mass is 454 g/mol. The predicted octanol–water partition coefficient (Wildman–Crippen LogP) is 5.68. The molecule has 2 aromatic rings. The molecule has 30 heavy (non-hydrogen) atoms. The third kappa shape index (κ3) is 6.01. The molecule has 0 aromatic heterocycles. The third-order valence-corrected chi connectivity index (χ3v) is 6.00. The van der Waals surface area contributed by atoms with Crippen molar-refractivity contribution in [3.8, 4) is 11.5 Å². The Kier molecular flexibility index (Phi) is 8.63. The molecule has 0 bridgehead atoms. The van der Waals surface area contributed by atoms with Crippen molar-refractivity contribution in [2.45, 2.75) is 45.9 Å². The summed E-state index contributed by atoms with van der Waals surface area (Å²) < 4.78 is 24.9. The van der Waals surface area contributed by atoms with Gasteiger partial charge in [-0.05, 0) is 62.7 Å². The maximum absolute atomic E-state index is 13.3. The van der Waals surface area contributed by atoms with E-state index in [1.165, 1.54) is 31.5 Å². The highest BCUT2D eigenvalue weighted by molar-refractivity contribution is 6.32. The lowest BCUT2D eigenvalue weighted by Crippen LogP contribution is -2.37. The van der Waals surface area contributed by atoms with E-state index in [0.29, 0.717) is 46.3 Å². The lowest BCUT2D eigenvalue weighted by Gasteiger charge is -2.23. The van der Waals surface area contributed by atoms with Gasteiger partial charge in [-0.25, -0.2) is 4.39 Å². The molecule has 1 saturated heterocycles. The average molecular weight is 455 g/mol. The van der Waals surface area contributed by atoms with Crippen LogP contribution in [0, 0.1) is 5.82 Å². The van der Waals surface area contributed by atoms with Gasteiger partial charge in [0, 0.05) is 24.7 Å². The molecule has 0 saturated carbocycles. The Morgan fingerprint density at radius 1 is 1.13 bits per heavy atom. The minimum absolute atomic E-state index is 0.172. The third-order valence-electron chi connectivity index (χ3n) is 5.37. The quantitative estimate of drug-likeness (QED) is 0.500. The first kappa shape index (κ1) is 23.1. The molecular weight excluding hydrogens is 426 g/mol. The van der Waals surface area contributed by atoms with Crippen molar-refractivity contribution in [2.24, 2.45) is 0 Å². The number of nitrogens with one attached hydrogen (secondary N) is 1. The van der Waals surface area contributed by atoms with Crippen molar-refractivity contribution < 1.29 is 13.9 Å². The molecule has 7 heteroatoms. The van der Waals surface area contributed by atoms with Crippen LogP contribution in [-0.2, 0) is 13.2 Å². The van der Waals surface area contributed by atoms with Crippen LogP contribution in [0.5, 0.6) is 11.5 Å². The van der Waals surface area contributed by atoms with Crippen LogP contribution >= 0.6 is 23.2 Å². The van der Waals surface area contributed by atoms with Crippen LogP contribution in [0.25, 0.3) is 0 Å². The maximum Gasteiger partial charge on any atom is 0.180 e. The van der Waals surface area contributed by atoms with Gasteiger partial charge in [-0.1, -0.05) is 36.2 Å². The van der Waals surface area contributed by atoms with Crippen LogP contribution in [0.3, 0.4) is 0 Å². The topological polar surface area (TPSA) is 33.7 Å². The first-order valence-electron chi connectivity index (χ1n) is 10.5. The lowest BCUT2D eigenvalue weighted by molar-refractivity contribution is 0.259. The number of likely N-dealkylation sites (tertiary alicyclic amines) is 1.